The fourth-order valence-corrected chi connectivity index (χ4v) is 3.29. The number of azo groups is 1. The number of carbonyl (C=O) groups excluding carboxylic acids is 2. The third kappa shape index (κ3) is 6.72. The topological polar surface area (TPSA) is 108 Å². The predicted molar refractivity (Wildman–Crippen MR) is 126 cm³/mol. The lowest BCUT2D eigenvalue weighted by Crippen LogP contribution is -2.32. The van der Waals surface area contributed by atoms with Crippen LogP contribution in [-0.4, -0.2) is 45.2 Å². The van der Waals surface area contributed by atoms with E-state index in [-0.39, 0.29) is 27.2 Å². The second-order valence-corrected chi connectivity index (χ2v) is 7.32. The number of methoxy groups -OCH3 is 2. The molecule has 2 aromatic carbocycles. The molecule has 0 aromatic heterocycles. The van der Waals surface area contributed by atoms with Crippen LogP contribution in [0.1, 0.15) is 20.8 Å². The van der Waals surface area contributed by atoms with E-state index >= 15 is 0 Å². The average molecular weight is 498 g/mol. The van der Waals surface area contributed by atoms with Gasteiger partial charge in [-0.15, -0.1) is 0 Å². The lowest BCUT2D eigenvalue weighted by molar-refractivity contribution is -0.126. The molecule has 33 heavy (non-hydrogen) atoms. The van der Waals surface area contributed by atoms with Crippen molar-refractivity contribution in [2.45, 2.75) is 26.8 Å². The summed E-state index contributed by atoms with van der Waals surface area (Å²) in [5.74, 6) is 0.0547. The Morgan fingerprint density at radius 3 is 2.12 bits per heavy atom. The first-order valence-corrected chi connectivity index (χ1v) is 10.7. The quantitative estimate of drug-likeness (QED) is 0.324. The second kappa shape index (κ2) is 12.3. The van der Waals surface area contributed by atoms with E-state index < -0.39 is 17.7 Å². The Bertz CT molecular complexity index is 1020. The Morgan fingerprint density at radius 1 is 1.00 bits per heavy atom. The van der Waals surface area contributed by atoms with Gasteiger partial charge in [0.2, 0.25) is 6.04 Å². The zero-order valence-corrected chi connectivity index (χ0v) is 20.4. The highest BCUT2D eigenvalue weighted by atomic mass is 35.5. The maximum atomic E-state index is 12.9. The van der Waals surface area contributed by atoms with Gasteiger partial charge >= 0.3 is 0 Å². The van der Waals surface area contributed by atoms with E-state index in [4.69, 9.17) is 42.1 Å². The summed E-state index contributed by atoms with van der Waals surface area (Å²) < 4.78 is 21.4. The molecule has 0 aliphatic heterocycles. The zero-order chi connectivity index (χ0) is 24.5. The predicted octanol–water partition coefficient (Wildman–Crippen LogP) is 5.49. The Morgan fingerprint density at radius 2 is 1.61 bits per heavy atom. The Balaban J connectivity index is 2.36. The molecule has 0 fully saturated rings. The molecule has 2 rings (SSSR count). The zero-order valence-electron chi connectivity index (χ0n) is 18.9. The van der Waals surface area contributed by atoms with Gasteiger partial charge in [-0.1, -0.05) is 23.2 Å². The van der Waals surface area contributed by atoms with Crippen molar-refractivity contribution in [3.05, 3.63) is 34.3 Å². The summed E-state index contributed by atoms with van der Waals surface area (Å²) in [4.78, 5) is 25.1. The smallest absolute Gasteiger partial charge is 0.258 e. The first-order chi connectivity index (χ1) is 15.7. The number of rotatable bonds is 11. The molecule has 9 nitrogen and oxygen atoms in total. The number of halogens is 2. The molecule has 11 heteroatoms. The molecule has 1 amide bonds. The van der Waals surface area contributed by atoms with E-state index in [1.165, 1.54) is 33.3 Å². The molecule has 0 spiro atoms. The summed E-state index contributed by atoms with van der Waals surface area (Å²) in [6, 6.07) is 4.71. The van der Waals surface area contributed by atoms with E-state index in [1.807, 2.05) is 6.92 Å². The number of hydrogen-bond donors (Lipinski definition) is 1. The third-order valence-corrected chi connectivity index (χ3v) is 4.88. The van der Waals surface area contributed by atoms with Crippen molar-refractivity contribution < 1.29 is 28.5 Å². The van der Waals surface area contributed by atoms with Crippen LogP contribution in [0.5, 0.6) is 23.0 Å². The van der Waals surface area contributed by atoms with Crippen LogP contribution in [0.4, 0.5) is 11.4 Å². The Hall–Kier alpha value is -3.04. The van der Waals surface area contributed by atoms with Gasteiger partial charge in [0, 0.05) is 24.3 Å². The number of ether oxygens (including phenoxy) is 4. The van der Waals surface area contributed by atoms with E-state index in [0.717, 1.165) is 0 Å². The number of Topliss-reactive ketones (excluding diaryl/α,β-unsaturated/α-hetero) is 1. The molecule has 0 aliphatic carbocycles. The third-order valence-electron chi connectivity index (χ3n) is 4.23. The van der Waals surface area contributed by atoms with E-state index in [0.29, 0.717) is 30.5 Å². The van der Waals surface area contributed by atoms with Crippen LogP contribution in [0.2, 0.25) is 10.0 Å². The average Bonchev–Trinajstić information content (AvgIpc) is 2.77. The van der Waals surface area contributed by atoms with Crippen molar-refractivity contribution in [2.24, 2.45) is 10.2 Å². The minimum atomic E-state index is -1.43. The van der Waals surface area contributed by atoms with Gasteiger partial charge in [0.05, 0.1) is 43.8 Å². The van der Waals surface area contributed by atoms with Gasteiger partial charge in [-0.2, -0.15) is 10.2 Å². The monoisotopic (exact) mass is 497 g/mol. The standard InChI is InChI=1S/C22H25Cl2N3O6/c1-6-32-14-10-15(23)21(33-7-2)16(11-14)25-22(29)20(12(3)28)27-26-13-8-17(30-4)19(24)18(9-13)31-5/h8-11,20H,6-7H2,1-5H3,(H,25,29). The maximum absolute atomic E-state index is 12.9. The number of nitrogens with zero attached hydrogens (tertiary/aromatic N) is 2. The molecule has 1 N–H and O–H groups in total. The molecule has 0 heterocycles. The molecular formula is C22H25Cl2N3O6. The molecule has 0 saturated heterocycles. The van der Waals surface area contributed by atoms with Crippen molar-refractivity contribution in [2.75, 3.05) is 32.8 Å². The SMILES string of the molecule is CCOc1cc(Cl)c(OCC)c(NC(=O)C(N=Nc2cc(OC)c(Cl)c(OC)c2)C(C)=O)c1. The first-order valence-electron chi connectivity index (χ1n) is 9.98. The van der Waals surface area contributed by atoms with Crippen molar-refractivity contribution in [1.29, 1.82) is 0 Å². The maximum Gasteiger partial charge on any atom is 0.258 e. The second-order valence-electron chi connectivity index (χ2n) is 6.53. The number of nitrogens with one attached hydrogen (secondary N) is 1. The van der Waals surface area contributed by atoms with E-state index in [9.17, 15) is 9.59 Å². The highest BCUT2D eigenvalue weighted by Gasteiger charge is 2.25. The summed E-state index contributed by atoms with van der Waals surface area (Å²) in [6.07, 6.45) is 0. The Kier molecular flexibility index (Phi) is 9.74. The van der Waals surface area contributed by atoms with Gasteiger partial charge < -0.3 is 24.3 Å². The minimum absolute atomic E-state index is 0.245. The fourth-order valence-electron chi connectivity index (χ4n) is 2.76. The van der Waals surface area contributed by atoms with E-state index in [1.54, 1.807) is 19.1 Å². The lowest BCUT2D eigenvalue weighted by atomic mass is 10.2. The molecule has 0 aliphatic rings. The normalized spacial score (nSPS) is 11.7. The lowest BCUT2D eigenvalue weighted by Gasteiger charge is -2.16. The van der Waals surface area contributed by atoms with Crippen molar-refractivity contribution >= 4 is 46.3 Å². The van der Waals surface area contributed by atoms with Gasteiger partial charge in [-0.3, -0.25) is 9.59 Å². The molecule has 1 atom stereocenters. The summed E-state index contributed by atoms with van der Waals surface area (Å²) in [5.41, 5.74) is 0.526. The van der Waals surface area contributed by atoms with Crippen LogP contribution < -0.4 is 24.3 Å². The van der Waals surface area contributed by atoms with Gasteiger partial charge in [0.25, 0.3) is 5.91 Å². The molecule has 0 radical (unpaired) electrons. The highest BCUT2D eigenvalue weighted by molar-refractivity contribution is 6.33. The molecule has 2 aromatic rings. The van der Waals surface area contributed by atoms with Crippen LogP contribution in [0.3, 0.4) is 0 Å². The summed E-state index contributed by atoms with van der Waals surface area (Å²) in [6.45, 7) is 5.54. The number of ketones is 1. The van der Waals surface area contributed by atoms with Gasteiger partial charge in [0.1, 0.15) is 22.3 Å². The fraction of sp³-hybridized carbons (Fsp3) is 0.364. The van der Waals surface area contributed by atoms with Crippen molar-refractivity contribution in [3.63, 3.8) is 0 Å². The van der Waals surface area contributed by atoms with Crippen LogP contribution in [-0.2, 0) is 9.59 Å². The summed E-state index contributed by atoms with van der Waals surface area (Å²) in [7, 11) is 2.87. The molecule has 1 unspecified atom stereocenters. The number of anilines is 1. The van der Waals surface area contributed by atoms with Crippen molar-refractivity contribution in [3.8, 4) is 23.0 Å². The largest absolute Gasteiger partial charge is 0.495 e. The summed E-state index contributed by atoms with van der Waals surface area (Å²) in [5, 5.41) is 11.1. The molecule has 178 valence electrons. The number of benzene rings is 2. The number of hydrogen-bond acceptors (Lipinski definition) is 8. The van der Waals surface area contributed by atoms with Gasteiger partial charge in [-0.25, -0.2) is 0 Å². The number of carbonyl (C=O) groups is 2. The first kappa shape index (κ1) is 26.2. The van der Waals surface area contributed by atoms with Crippen LogP contribution in [0.25, 0.3) is 0 Å². The van der Waals surface area contributed by atoms with Gasteiger partial charge in [-0.05, 0) is 20.8 Å². The molecule has 0 bridgehead atoms. The van der Waals surface area contributed by atoms with Crippen LogP contribution >= 0.6 is 23.2 Å². The molecular weight excluding hydrogens is 473 g/mol. The Labute approximate surface area is 202 Å². The van der Waals surface area contributed by atoms with Crippen LogP contribution in [0, 0.1) is 0 Å². The van der Waals surface area contributed by atoms with Crippen LogP contribution in [0.15, 0.2) is 34.5 Å². The van der Waals surface area contributed by atoms with E-state index in [2.05, 4.69) is 15.5 Å². The minimum Gasteiger partial charge on any atom is -0.495 e. The summed E-state index contributed by atoms with van der Waals surface area (Å²) >= 11 is 12.4. The molecule has 0 saturated carbocycles. The van der Waals surface area contributed by atoms with Gasteiger partial charge in [0.15, 0.2) is 11.5 Å². The number of amides is 1. The van der Waals surface area contributed by atoms with Crippen molar-refractivity contribution in [1.82, 2.24) is 0 Å². The highest BCUT2D eigenvalue weighted by Crippen LogP contribution is 2.39.